The molecule has 0 bridgehead atoms. The van der Waals surface area contributed by atoms with Crippen molar-refractivity contribution in [2.45, 2.75) is 71.5 Å². The largest absolute Gasteiger partial charge is 0.573 e. The Hall–Kier alpha value is -3.06. The number of halogens is 3. The molecule has 0 aromatic heterocycles. The summed E-state index contributed by atoms with van der Waals surface area (Å²) >= 11 is 0. The number of carbonyl (C=O) groups is 1. The van der Waals surface area contributed by atoms with E-state index in [1.165, 1.54) is 24.3 Å². The molecule has 0 aliphatic carbocycles. The van der Waals surface area contributed by atoms with Crippen molar-refractivity contribution in [1.82, 2.24) is 0 Å². The minimum Gasteiger partial charge on any atom is -0.543 e. The van der Waals surface area contributed by atoms with Crippen molar-refractivity contribution in [3.8, 4) is 22.6 Å². The van der Waals surface area contributed by atoms with Gasteiger partial charge in [0.1, 0.15) is 11.5 Å². The highest BCUT2D eigenvalue weighted by Gasteiger charge is 2.39. The van der Waals surface area contributed by atoms with Crippen LogP contribution < -0.4 is 9.16 Å². The molecule has 7 heteroatoms. The lowest BCUT2D eigenvalue weighted by atomic mass is 9.86. The molecule has 0 atom stereocenters. The molecule has 0 amide bonds. The van der Waals surface area contributed by atoms with Gasteiger partial charge in [-0.1, -0.05) is 84.0 Å². The first-order chi connectivity index (χ1) is 16.9. The maximum atomic E-state index is 13.7. The summed E-state index contributed by atoms with van der Waals surface area (Å²) in [6, 6.07) is 18.5. The predicted octanol–water partition coefficient (Wildman–Crippen LogP) is 9.16. The minimum absolute atomic E-state index is 0.0416. The number of alkyl halides is 3. The van der Waals surface area contributed by atoms with E-state index in [0.29, 0.717) is 28.0 Å². The van der Waals surface area contributed by atoms with Crippen LogP contribution in [0.25, 0.3) is 11.1 Å². The number of hydrogen-bond acceptors (Lipinski definition) is 3. The van der Waals surface area contributed by atoms with Crippen molar-refractivity contribution in [2.24, 2.45) is 0 Å². The van der Waals surface area contributed by atoms with Gasteiger partial charge in [0.25, 0.3) is 8.32 Å². The zero-order valence-corrected chi connectivity index (χ0v) is 23.7. The molecule has 0 radical (unpaired) electrons. The van der Waals surface area contributed by atoms with Crippen LogP contribution in [0.1, 0.15) is 63.0 Å². The van der Waals surface area contributed by atoms with Gasteiger partial charge in [-0.2, -0.15) is 0 Å². The van der Waals surface area contributed by atoms with Gasteiger partial charge in [-0.15, -0.1) is 13.2 Å². The summed E-state index contributed by atoms with van der Waals surface area (Å²) in [4.78, 5) is 13.7. The van der Waals surface area contributed by atoms with E-state index in [-0.39, 0.29) is 22.0 Å². The Morgan fingerprint density at radius 3 is 1.78 bits per heavy atom. The van der Waals surface area contributed by atoms with E-state index >= 15 is 0 Å². The van der Waals surface area contributed by atoms with Crippen LogP contribution >= 0.6 is 0 Å². The fraction of sp³-hybridized carbons (Fsp3) is 0.367. The summed E-state index contributed by atoms with van der Waals surface area (Å²) < 4.78 is 48.2. The van der Waals surface area contributed by atoms with Crippen molar-refractivity contribution in [3.63, 3.8) is 0 Å². The molecule has 3 nitrogen and oxygen atoms in total. The second-order valence-corrected chi connectivity index (χ2v) is 16.5. The summed E-state index contributed by atoms with van der Waals surface area (Å²) in [5, 5.41) is -0.0747. The lowest BCUT2D eigenvalue weighted by molar-refractivity contribution is -0.274. The maximum absolute atomic E-state index is 13.7. The fourth-order valence-electron chi connectivity index (χ4n) is 3.53. The molecule has 198 valence electrons. The highest BCUT2D eigenvalue weighted by Crippen LogP contribution is 2.39. The van der Waals surface area contributed by atoms with E-state index in [9.17, 15) is 18.0 Å². The number of hydrogen-bond donors (Lipinski definition) is 0. The summed E-state index contributed by atoms with van der Waals surface area (Å²) in [5.41, 5.74) is 3.39. The molecule has 0 heterocycles. The van der Waals surface area contributed by atoms with Crippen LogP contribution in [0.5, 0.6) is 11.5 Å². The van der Waals surface area contributed by atoms with Crippen LogP contribution in [0.3, 0.4) is 0 Å². The second kappa shape index (κ2) is 10.0. The lowest BCUT2D eigenvalue weighted by Crippen LogP contribution is -2.44. The zero-order valence-electron chi connectivity index (χ0n) is 22.7. The van der Waals surface area contributed by atoms with Gasteiger partial charge in [0.05, 0.1) is 5.56 Å². The van der Waals surface area contributed by atoms with E-state index in [4.69, 9.17) is 4.43 Å². The Balaban J connectivity index is 2.05. The van der Waals surface area contributed by atoms with Gasteiger partial charge in [0.2, 0.25) is 0 Å². The van der Waals surface area contributed by atoms with Crippen molar-refractivity contribution in [3.05, 3.63) is 83.4 Å². The third kappa shape index (κ3) is 7.04. The van der Waals surface area contributed by atoms with Crippen molar-refractivity contribution in [2.75, 3.05) is 0 Å². The first-order valence-electron chi connectivity index (χ1n) is 12.2. The SMILES string of the molecule is CC(C)(C)c1ccc(C(=O)c2cc(-c3ccc(OC(F)(F)F)cc3)ccc2O[Si](C)(C)C(C)(C)C)cc1. The molecule has 0 aliphatic heterocycles. The smallest absolute Gasteiger partial charge is 0.543 e. The molecule has 3 aromatic rings. The zero-order chi connectivity index (χ0) is 27.8. The van der Waals surface area contributed by atoms with E-state index in [1.54, 1.807) is 12.1 Å². The van der Waals surface area contributed by atoms with Crippen LogP contribution in [0, 0.1) is 0 Å². The third-order valence-corrected chi connectivity index (χ3v) is 11.2. The minimum atomic E-state index is -4.76. The van der Waals surface area contributed by atoms with Gasteiger partial charge in [-0.05, 0) is 64.5 Å². The van der Waals surface area contributed by atoms with Crippen molar-refractivity contribution >= 4 is 14.1 Å². The van der Waals surface area contributed by atoms with Gasteiger partial charge in [-0.25, -0.2) is 0 Å². The Kier molecular flexibility index (Phi) is 7.71. The Morgan fingerprint density at radius 2 is 1.30 bits per heavy atom. The average molecular weight is 529 g/mol. The highest BCUT2D eigenvalue weighted by atomic mass is 28.4. The highest BCUT2D eigenvalue weighted by molar-refractivity contribution is 6.74. The van der Waals surface area contributed by atoms with Gasteiger partial charge in [0.15, 0.2) is 5.78 Å². The molecule has 0 N–H and O–H groups in total. The molecule has 0 saturated heterocycles. The molecule has 0 saturated carbocycles. The summed E-state index contributed by atoms with van der Waals surface area (Å²) in [7, 11) is -2.26. The molecule has 3 rings (SSSR count). The van der Waals surface area contributed by atoms with E-state index in [0.717, 1.165) is 5.56 Å². The predicted molar refractivity (Wildman–Crippen MR) is 145 cm³/mol. The van der Waals surface area contributed by atoms with Crippen molar-refractivity contribution in [1.29, 1.82) is 0 Å². The molecule has 0 fully saturated rings. The molecular weight excluding hydrogens is 493 g/mol. The molecule has 37 heavy (non-hydrogen) atoms. The summed E-state index contributed by atoms with van der Waals surface area (Å²) in [6.45, 7) is 17.0. The molecular formula is C30H35F3O3Si. The molecule has 0 aliphatic rings. The fourth-order valence-corrected chi connectivity index (χ4v) is 4.56. The number of rotatable bonds is 6. The second-order valence-electron chi connectivity index (χ2n) is 11.8. The standard InChI is InChI=1S/C30H35F3O3Si/c1-28(2,3)23-14-9-21(10-15-23)27(34)25-19-22(13-18-26(25)36-37(7,8)29(4,5)6)20-11-16-24(17-12-20)35-30(31,32)33/h9-19H,1-8H3. The number of benzene rings is 3. The summed E-state index contributed by atoms with van der Waals surface area (Å²) in [5.74, 6) is 0.0367. The molecule has 3 aromatic carbocycles. The first kappa shape index (κ1) is 28.5. The van der Waals surface area contributed by atoms with Crippen molar-refractivity contribution < 1.29 is 27.1 Å². The lowest BCUT2D eigenvalue weighted by Gasteiger charge is -2.37. The van der Waals surface area contributed by atoms with Crippen LogP contribution in [-0.2, 0) is 5.41 Å². The molecule has 0 unspecified atom stereocenters. The van der Waals surface area contributed by atoms with E-state index in [1.807, 2.05) is 30.3 Å². The first-order valence-corrected chi connectivity index (χ1v) is 15.1. The van der Waals surface area contributed by atoms with Crippen LogP contribution in [0.2, 0.25) is 18.1 Å². The quantitative estimate of drug-likeness (QED) is 0.236. The molecule has 0 spiro atoms. The summed E-state index contributed by atoms with van der Waals surface area (Å²) in [6.07, 6.45) is -4.76. The maximum Gasteiger partial charge on any atom is 0.573 e. The topological polar surface area (TPSA) is 35.5 Å². The normalized spacial score (nSPS) is 12.8. The average Bonchev–Trinajstić information content (AvgIpc) is 2.77. The van der Waals surface area contributed by atoms with E-state index in [2.05, 4.69) is 59.4 Å². The van der Waals surface area contributed by atoms with Crippen LogP contribution in [0.15, 0.2) is 66.7 Å². The Morgan fingerprint density at radius 1 is 0.757 bits per heavy atom. The van der Waals surface area contributed by atoms with Gasteiger partial charge < -0.3 is 9.16 Å². The van der Waals surface area contributed by atoms with Crippen LogP contribution in [0.4, 0.5) is 13.2 Å². The van der Waals surface area contributed by atoms with Gasteiger partial charge in [-0.3, -0.25) is 4.79 Å². The van der Waals surface area contributed by atoms with E-state index < -0.39 is 14.7 Å². The van der Waals surface area contributed by atoms with Crippen LogP contribution in [-0.4, -0.2) is 20.5 Å². The number of ether oxygens (including phenoxy) is 1. The monoisotopic (exact) mass is 528 g/mol. The Bertz CT molecular complexity index is 1250. The van der Waals surface area contributed by atoms with Gasteiger partial charge >= 0.3 is 6.36 Å². The number of carbonyl (C=O) groups excluding carboxylic acids is 1. The third-order valence-electron chi connectivity index (χ3n) is 6.83. The Labute approximate surface area is 218 Å². The number of ketones is 1. The van der Waals surface area contributed by atoms with Gasteiger partial charge in [0, 0.05) is 5.56 Å².